The predicted octanol–water partition coefficient (Wildman–Crippen LogP) is 5.73. The minimum absolute atomic E-state index is 0.0331. The van der Waals surface area contributed by atoms with Crippen LogP contribution in [0.3, 0.4) is 0 Å². The minimum atomic E-state index is -4.72. The van der Waals surface area contributed by atoms with Crippen molar-refractivity contribution in [2.75, 3.05) is 4.72 Å². The van der Waals surface area contributed by atoms with E-state index in [-0.39, 0.29) is 10.7 Å². The van der Waals surface area contributed by atoms with E-state index in [4.69, 9.17) is 0 Å². The van der Waals surface area contributed by atoms with E-state index in [0.717, 1.165) is 11.1 Å². The zero-order valence-electron chi connectivity index (χ0n) is 16.8. The molecule has 0 aliphatic rings. The van der Waals surface area contributed by atoms with E-state index in [1.807, 2.05) is 42.5 Å². The summed E-state index contributed by atoms with van der Waals surface area (Å²) in [6, 6.07) is 22.5. The van der Waals surface area contributed by atoms with Crippen LogP contribution < -0.4 is 4.72 Å². The Morgan fingerprint density at radius 2 is 1.45 bits per heavy atom. The Labute approximate surface area is 187 Å². The second kappa shape index (κ2) is 8.91. The van der Waals surface area contributed by atoms with Crippen molar-refractivity contribution in [1.82, 2.24) is 10.1 Å². The van der Waals surface area contributed by atoms with Crippen molar-refractivity contribution < 1.29 is 26.1 Å². The molecule has 0 aliphatic carbocycles. The molecular weight excluding hydrogens is 455 g/mol. The predicted molar refractivity (Wildman–Crippen MR) is 117 cm³/mol. The molecule has 0 bridgehead atoms. The van der Waals surface area contributed by atoms with Gasteiger partial charge in [0.25, 0.3) is 10.0 Å². The van der Waals surface area contributed by atoms with Crippen molar-refractivity contribution in [3.63, 3.8) is 0 Å². The van der Waals surface area contributed by atoms with Gasteiger partial charge in [-0.2, -0.15) is 18.2 Å². The molecule has 0 spiro atoms. The fraction of sp³-hybridized carbons (Fsp3) is 0.0435. The number of alkyl halides is 3. The van der Waals surface area contributed by atoms with E-state index in [2.05, 4.69) is 19.4 Å². The van der Waals surface area contributed by atoms with Gasteiger partial charge in [-0.3, -0.25) is 4.72 Å². The lowest BCUT2D eigenvalue weighted by molar-refractivity contribution is -0.159. The molecule has 0 atom stereocenters. The minimum Gasteiger partial charge on any atom is -0.329 e. The molecule has 1 N–H and O–H groups in total. The summed E-state index contributed by atoms with van der Waals surface area (Å²) in [5.74, 6) is -1.69. The van der Waals surface area contributed by atoms with Crippen LogP contribution in [0, 0.1) is 0 Å². The number of halogens is 3. The Hall–Kier alpha value is -3.92. The first kappa shape index (κ1) is 22.3. The third-order valence-electron chi connectivity index (χ3n) is 4.54. The van der Waals surface area contributed by atoms with Crippen LogP contribution in [0.2, 0.25) is 0 Å². The summed E-state index contributed by atoms with van der Waals surface area (Å²) in [4.78, 5) is 3.26. The summed E-state index contributed by atoms with van der Waals surface area (Å²) < 4.78 is 69.5. The smallest absolute Gasteiger partial charge is 0.329 e. The molecule has 168 valence electrons. The standard InChI is InChI=1S/C23H16F3N3O3S/c24-23(25,26)22-27-21(28-32-22)15-8-16-6-13-20(14-7-16)33(30,31)29-19-11-9-18(10-12-19)17-4-2-1-3-5-17/h1-15,29H/b15-8+. The first-order chi connectivity index (χ1) is 15.7. The normalized spacial score (nSPS) is 12.2. The summed E-state index contributed by atoms with van der Waals surface area (Å²) in [5, 5.41) is 3.23. The highest BCUT2D eigenvalue weighted by Gasteiger charge is 2.38. The van der Waals surface area contributed by atoms with Gasteiger partial charge in [-0.15, -0.1) is 0 Å². The molecule has 0 radical (unpaired) electrons. The zero-order chi connectivity index (χ0) is 23.5. The number of nitrogens with zero attached hydrogens (tertiary/aromatic N) is 2. The van der Waals surface area contributed by atoms with Crippen LogP contribution in [0.4, 0.5) is 18.9 Å². The quantitative estimate of drug-likeness (QED) is 0.388. The molecule has 6 nitrogen and oxygen atoms in total. The van der Waals surface area contributed by atoms with E-state index in [1.165, 1.54) is 36.4 Å². The average molecular weight is 471 g/mol. The van der Waals surface area contributed by atoms with Crippen LogP contribution in [-0.2, 0) is 16.2 Å². The highest BCUT2D eigenvalue weighted by molar-refractivity contribution is 7.92. The summed E-state index contributed by atoms with van der Waals surface area (Å²) in [7, 11) is -3.83. The van der Waals surface area contributed by atoms with Crippen LogP contribution >= 0.6 is 0 Å². The zero-order valence-corrected chi connectivity index (χ0v) is 17.6. The van der Waals surface area contributed by atoms with Crippen molar-refractivity contribution in [2.24, 2.45) is 0 Å². The van der Waals surface area contributed by atoms with Crippen LogP contribution in [0.25, 0.3) is 23.3 Å². The van der Waals surface area contributed by atoms with Gasteiger partial charge in [-0.25, -0.2) is 8.42 Å². The van der Waals surface area contributed by atoms with Crippen molar-refractivity contribution in [3.05, 3.63) is 96.1 Å². The number of sulfonamides is 1. The highest BCUT2D eigenvalue weighted by atomic mass is 32.2. The van der Waals surface area contributed by atoms with Crippen LogP contribution in [0.15, 0.2) is 88.3 Å². The van der Waals surface area contributed by atoms with Gasteiger partial charge in [0.15, 0.2) is 5.82 Å². The van der Waals surface area contributed by atoms with Crippen molar-refractivity contribution >= 4 is 27.9 Å². The summed E-state index contributed by atoms with van der Waals surface area (Å²) >= 11 is 0. The molecule has 0 saturated carbocycles. The second-order valence-electron chi connectivity index (χ2n) is 6.91. The Kier molecular flexibility index (Phi) is 6.01. The summed E-state index contributed by atoms with van der Waals surface area (Å²) in [6.07, 6.45) is -2.05. The molecule has 0 fully saturated rings. The Balaban J connectivity index is 1.44. The van der Waals surface area contributed by atoms with Gasteiger partial charge in [0.1, 0.15) is 0 Å². The molecule has 4 aromatic rings. The lowest BCUT2D eigenvalue weighted by Gasteiger charge is -2.09. The number of anilines is 1. The maximum atomic E-state index is 12.7. The molecule has 3 aromatic carbocycles. The Morgan fingerprint density at radius 3 is 2.06 bits per heavy atom. The number of rotatable bonds is 6. The van der Waals surface area contributed by atoms with Gasteiger partial charge >= 0.3 is 12.1 Å². The fourth-order valence-corrected chi connectivity index (χ4v) is 3.98. The molecule has 33 heavy (non-hydrogen) atoms. The number of aromatic nitrogens is 2. The van der Waals surface area contributed by atoms with Crippen LogP contribution in [0.1, 0.15) is 17.3 Å². The van der Waals surface area contributed by atoms with Gasteiger partial charge in [-0.05, 0) is 47.0 Å². The second-order valence-corrected chi connectivity index (χ2v) is 8.59. The number of hydrogen-bond donors (Lipinski definition) is 1. The number of benzene rings is 3. The third-order valence-corrected chi connectivity index (χ3v) is 5.94. The van der Waals surface area contributed by atoms with Crippen LogP contribution in [-0.4, -0.2) is 18.6 Å². The molecule has 0 unspecified atom stereocenters. The van der Waals surface area contributed by atoms with Gasteiger partial charge < -0.3 is 4.52 Å². The molecule has 1 heterocycles. The van der Waals surface area contributed by atoms with Gasteiger partial charge in [0, 0.05) is 5.69 Å². The maximum Gasteiger partial charge on any atom is 0.471 e. The lowest BCUT2D eigenvalue weighted by atomic mass is 10.1. The van der Waals surface area contributed by atoms with E-state index in [1.54, 1.807) is 12.1 Å². The average Bonchev–Trinajstić information content (AvgIpc) is 3.29. The monoisotopic (exact) mass is 471 g/mol. The largest absolute Gasteiger partial charge is 0.471 e. The molecule has 4 rings (SSSR count). The SMILES string of the molecule is O=S(=O)(Nc1ccc(-c2ccccc2)cc1)c1ccc(/C=C/c2noc(C(F)(F)F)n2)cc1. The fourth-order valence-electron chi connectivity index (χ4n) is 2.92. The van der Waals surface area contributed by atoms with Crippen molar-refractivity contribution in [1.29, 1.82) is 0 Å². The molecular formula is C23H16F3N3O3S. The van der Waals surface area contributed by atoms with E-state index >= 15 is 0 Å². The summed E-state index contributed by atoms with van der Waals surface area (Å²) in [5.41, 5.74) is 2.93. The first-order valence-electron chi connectivity index (χ1n) is 9.58. The Morgan fingerprint density at radius 1 is 0.818 bits per heavy atom. The van der Waals surface area contributed by atoms with Gasteiger partial charge in [0.05, 0.1) is 4.90 Å². The molecule has 10 heteroatoms. The maximum absolute atomic E-state index is 12.7. The summed E-state index contributed by atoms with van der Waals surface area (Å²) in [6.45, 7) is 0. The topological polar surface area (TPSA) is 85.1 Å². The first-order valence-corrected chi connectivity index (χ1v) is 11.1. The number of nitrogens with one attached hydrogen (secondary N) is 1. The van der Waals surface area contributed by atoms with Gasteiger partial charge in [0.2, 0.25) is 0 Å². The molecule has 0 saturated heterocycles. The Bertz CT molecular complexity index is 1360. The van der Waals surface area contributed by atoms with Gasteiger partial charge in [-0.1, -0.05) is 65.8 Å². The van der Waals surface area contributed by atoms with E-state index in [9.17, 15) is 21.6 Å². The van der Waals surface area contributed by atoms with E-state index < -0.39 is 22.1 Å². The van der Waals surface area contributed by atoms with Crippen LogP contribution in [0.5, 0.6) is 0 Å². The van der Waals surface area contributed by atoms with E-state index in [0.29, 0.717) is 11.3 Å². The molecule has 0 aliphatic heterocycles. The highest BCUT2D eigenvalue weighted by Crippen LogP contribution is 2.27. The molecule has 0 amide bonds. The lowest BCUT2D eigenvalue weighted by Crippen LogP contribution is -2.12. The van der Waals surface area contributed by atoms with Crippen molar-refractivity contribution in [3.8, 4) is 11.1 Å². The number of hydrogen-bond acceptors (Lipinski definition) is 5. The van der Waals surface area contributed by atoms with Crippen molar-refractivity contribution in [2.45, 2.75) is 11.1 Å². The third kappa shape index (κ3) is 5.47. The molecule has 1 aromatic heterocycles.